The molecular weight excluding hydrogens is 334 g/mol. The van der Waals surface area contributed by atoms with Crippen LogP contribution in [0.1, 0.15) is 16.7 Å². The Labute approximate surface area is 152 Å². The molecule has 0 bridgehead atoms. The average Bonchev–Trinajstić information content (AvgIpc) is 2.62. The van der Waals surface area contributed by atoms with Crippen molar-refractivity contribution in [2.75, 3.05) is 25.1 Å². The number of benzene rings is 2. The van der Waals surface area contributed by atoms with Crippen LogP contribution in [0.25, 0.3) is 0 Å². The fraction of sp³-hybridized carbons (Fsp3) is 0.300. The van der Waals surface area contributed by atoms with Crippen molar-refractivity contribution in [2.45, 2.75) is 20.3 Å². The predicted octanol–water partition coefficient (Wildman–Crippen LogP) is 2.80. The molecule has 1 heterocycles. The van der Waals surface area contributed by atoms with Gasteiger partial charge < -0.3 is 19.5 Å². The van der Waals surface area contributed by atoms with Crippen molar-refractivity contribution in [1.82, 2.24) is 0 Å². The smallest absolute Gasteiger partial charge is 0.310 e. The van der Waals surface area contributed by atoms with Crippen LogP contribution in [0.2, 0.25) is 0 Å². The number of carbonyl (C=O) groups is 2. The molecule has 0 aliphatic carbocycles. The van der Waals surface area contributed by atoms with Gasteiger partial charge in [0.15, 0.2) is 18.1 Å². The van der Waals surface area contributed by atoms with Crippen LogP contribution in [0.5, 0.6) is 11.5 Å². The largest absolute Gasteiger partial charge is 0.486 e. The molecule has 0 radical (unpaired) electrons. The molecule has 1 aliphatic rings. The van der Waals surface area contributed by atoms with Crippen LogP contribution in [0.15, 0.2) is 36.4 Å². The molecule has 6 heteroatoms. The fourth-order valence-electron chi connectivity index (χ4n) is 2.70. The third kappa shape index (κ3) is 4.53. The van der Waals surface area contributed by atoms with E-state index in [0.29, 0.717) is 30.4 Å². The molecule has 2 aromatic rings. The Kier molecular flexibility index (Phi) is 5.41. The molecule has 136 valence electrons. The maximum absolute atomic E-state index is 12.0. The van der Waals surface area contributed by atoms with Gasteiger partial charge in [0, 0.05) is 5.69 Å². The highest BCUT2D eigenvalue weighted by molar-refractivity contribution is 5.93. The molecule has 6 nitrogen and oxygen atoms in total. The second-order valence-corrected chi connectivity index (χ2v) is 6.18. The summed E-state index contributed by atoms with van der Waals surface area (Å²) in [5, 5.41) is 2.74. The SMILES string of the molecule is Cc1ccc(NC(=O)COC(=O)Cc2ccc3c(c2)OCCO3)c(C)c1. The van der Waals surface area contributed by atoms with Gasteiger partial charge in [-0.1, -0.05) is 23.8 Å². The van der Waals surface area contributed by atoms with Crippen molar-refractivity contribution in [2.24, 2.45) is 0 Å². The van der Waals surface area contributed by atoms with Gasteiger partial charge in [0.1, 0.15) is 13.2 Å². The second-order valence-electron chi connectivity index (χ2n) is 6.18. The summed E-state index contributed by atoms with van der Waals surface area (Å²) in [6, 6.07) is 11.0. The molecule has 0 saturated heterocycles. The first kappa shape index (κ1) is 17.8. The molecule has 0 saturated carbocycles. The van der Waals surface area contributed by atoms with Crippen molar-refractivity contribution >= 4 is 17.6 Å². The van der Waals surface area contributed by atoms with Crippen molar-refractivity contribution in [3.05, 3.63) is 53.1 Å². The van der Waals surface area contributed by atoms with E-state index in [0.717, 1.165) is 16.7 Å². The van der Waals surface area contributed by atoms with Crippen LogP contribution < -0.4 is 14.8 Å². The topological polar surface area (TPSA) is 73.9 Å². The third-order valence-corrected chi connectivity index (χ3v) is 3.98. The van der Waals surface area contributed by atoms with Crippen molar-refractivity contribution < 1.29 is 23.8 Å². The Bertz CT molecular complexity index is 831. The lowest BCUT2D eigenvalue weighted by Crippen LogP contribution is -2.22. The minimum Gasteiger partial charge on any atom is -0.486 e. The van der Waals surface area contributed by atoms with E-state index in [2.05, 4.69) is 5.32 Å². The number of hydrogen-bond donors (Lipinski definition) is 1. The number of anilines is 1. The van der Waals surface area contributed by atoms with Gasteiger partial charge >= 0.3 is 5.97 Å². The van der Waals surface area contributed by atoms with Crippen molar-refractivity contribution in [3.8, 4) is 11.5 Å². The van der Waals surface area contributed by atoms with Gasteiger partial charge in [0.05, 0.1) is 6.42 Å². The highest BCUT2D eigenvalue weighted by Crippen LogP contribution is 2.30. The summed E-state index contributed by atoms with van der Waals surface area (Å²) in [6.07, 6.45) is 0.0630. The molecule has 0 atom stereocenters. The van der Waals surface area contributed by atoms with Crippen molar-refractivity contribution in [1.29, 1.82) is 0 Å². The molecular formula is C20H21NO5. The molecule has 1 N–H and O–H groups in total. The fourth-order valence-corrected chi connectivity index (χ4v) is 2.70. The van der Waals surface area contributed by atoms with Gasteiger partial charge in [0.25, 0.3) is 5.91 Å². The maximum Gasteiger partial charge on any atom is 0.310 e. The van der Waals surface area contributed by atoms with Gasteiger partial charge in [-0.15, -0.1) is 0 Å². The lowest BCUT2D eigenvalue weighted by Gasteiger charge is -2.18. The number of esters is 1. The Balaban J connectivity index is 1.50. The number of fused-ring (bicyclic) bond motifs is 1. The highest BCUT2D eigenvalue weighted by atomic mass is 16.6. The summed E-state index contributed by atoms with van der Waals surface area (Å²) < 4.78 is 16.0. The van der Waals surface area contributed by atoms with E-state index in [1.165, 1.54) is 0 Å². The zero-order chi connectivity index (χ0) is 18.5. The molecule has 1 aliphatic heterocycles. The van der Waals surface area contributed by atoms with E-state index < -0.39 is 5.97 Å². The van der Waals surface area contributed by atoms with E-state index in [-0.39, 0.29) is 18.9 Å². The van der Waals surface area contributed by atoms with Gasteiger partial charge in [0.2, 0.25) is 0 Å². The minimum absolute atomic E-state index is 0.0630. The molecule has 0 aromatic heterocycles. The summed E-state index contributed by atoms with van der Waals surface area (Å²) in [7, 11) is 0. The Hall–Kier alpha value is -3.02. The summed E-state index contributed by atoms with van der Waals surface area (Å²) >= 11 is 0. The van der Waals surface area contributed by atoms with Gasteiger partial charge in [-0.2, -0.15) is 0 Å². The first-order chi connectivity index (χ1) is 12.5. The normalized spacial score (nSPS) is 12.4. The van der Waals surface area contributed by atoms with Crippen LogP contribution >= 0.6 is 0 Å². The monoisotopic (exact) mass is 355 g/mol. The molecule has 1 amide bonds. The van der Waals surface area contributed by atoms with E-state index in [9.17, 15) is 9.59 Å². The number of aryl methyl sites for hydroxylation is 2. The van der Waals surface area contributed by atoms with Gasteiger partial charge in [-0.25, -0.2) is 0 Å². The molecule has 0 spiro atoms. The van der Waals surface area contributed by atoms with Crippen LogP contribution in [0, 0.1) is 13.8 Å². The minimum atomic E-state index is -0.475. The molecule has 3 rings (SSSR count). The third-order valence-electron chi connectivity index (χ3n) is 3.98. The Morgan fingerprint density at radius 3 is 2.58 bits per heavy atom. The van der Waals surface area contributed by atoms with Crippen molar-refractivity contribution in [3.63, 3.8) is 0 Å². The number of ether oxygens (including phenoxy) is 3. The number of carbonyl (C=O) groups excluding carboxylic acids is 2. The van der Waals surface area contributed by atoms with Crippen LogP contribution in [0.3, 0.4) is 0 Å². The summed E-state index contributed by atoms with van der Waals surface area (Å²) in [5.74, 6) is 0.445. The van der Waals surface area contributed by atoms with Gasteiger partial charge in [-0.05, 0) is 43.2 Å². The average molecular weight is 355 g/mol. The lowest BCUT2D eigenvalue weighted by atomic mass is 10.1. The van der Waals surface area contributed by atoms with Crippen LogP contribution in [0.4, 0.5) is 5.69 Å². The van der Waals surface area contributed by atoms with Crippen LogP contribution in [-0.4, -0.2) is 31.7 Å². The van der Waals surface area contributed by atoms with E-state index in [4.69, 9.17) is 14.2 Å². The highest BCUT2D eigenvalue weighted by Gasteiger charge is 2.14. The van der Waals surface area contributed by atoms with Crippen LogP contribution in [-0.2, 0) is 20.7 Å². The standard InChI is InChI=1S/C20H21NO5/c1-13-3-5-16(14(2)9-13)21-19(22)12-26-20(23)11-15-4-6-17-18(10-15)25-8-7-24-17/h3-6,9-10H,7-8,11-12H2,1-2H3,(H,21,22). The first-order valence-electron chi connectivity index (χ1n) is 8.42. The molecule has 26 heavy (non-hydrogen) atoms. The molecule has 0 fully saturated rings. The molecule has 0 unspecified atom stereocenters. The first-order valence-corrected chi connectivity index (χ1v) is 8.42. The number of rotatable bonds is 5. The van der Waals surface area contributed by atoms with E-state index in [1.54, 1.807) is 18.2 Å². The zero-order valence-corrected chi connectivity index (χ0v) is 14.8. The quantitative estimate of drug-likeness (QED) is 0.835. The molecule has 2 aromatic carbocycles. The lowest BCUT2D eigenvalue weighted by molar-refractivity contribution is -0.146. The van der Waals surface area contributed by atoms with E-state index in [1.807, 2.05) is 32.0 Å². The number of amides is 1. The summed E-state index contributed by atoms with van der Waals surface area (Å²) in [6.45, 7) is 4.58. The summed E-state index contributed by atoms with van der Waals surface area (Å²) in [4.78, 5) is 23.9. The predicted molar refractivity (Wildman–Crippen MR) is 96.6 cm³/mol. The maximum atomic E-state index is 12.0. The number of hydrogen-bond acceptors (Lipinski definition) is 5. The zero-order valence-electron chi connectivity index (χ0n) is 14.8. The number of nitrogens with one attached hydrogen (secondary N) is 1. The Morgan fingerprint density at radius 1 is 1.04 bits per heavy atom. The van der Waals surface area contributed by atoms with Gasteiger partial charge in [-0.3, -0.25) is 9.59 Å². The second kappa shape index (κ2) is 7.91. The summed E-state index contributed by atoms with van der Waals surface area (Å²) in [5.41, 5.74) is 3.53. The van der Waals surface area contributed by atoms with E-state index >= 15 is 0 Å². The Morgan fingerprint density at radius 2 is 1.81 bits per heavy atom.